The maximum absolute atomic E-state index is 2.43. The summed E-state index contributed by atoms with van der Waals surface area (Å²) in [6, 6.07) is 106. The summed E-state index contributed by atoms with van der Waals surface area (Å²) >= 11 is 0. The van der Waals surface area contributed by atoms with Gasteiger partial charge in [-0.2, -0.15) is 0 Å². The smallest absolute Gasteiger partial charge is 0.0541 e. The third kappa shape index (κ3) is 7.35. The summed E-state index contributed by atoms with van der Waals surface area (Å²) in [6.07, 6.45) is 0. The van der Waals surface area contributed by atoms with Gasteiger partial charge in [-0.05, 0) is 155 Å². The fourth-order valence-corrected chi connectivity index (χ4v) is 11.6. The van der Waals surface area contributed by atoms with Crippen LogP contribution in [0.5, 0.6) is 0 Å². The first-order valence-corrected chi connectivity index (χ1v) is 25.5. The second-order valence-electron chi connectivity index (χ2n) is 19.2. The van der Waals surface area contributed by atoms with Crippen molar-refractivity contribution in [3.63, 3.8) is 0 Å². The van der Waals surface area contributed by atoms with E-state index >= 15 is 0 Å². The van der Waals surface area contributed by atoms with Crippen LogP contribution in [0.3, 0.4) is 0 Å². The molecule has 0 aliphatic rings. The Bertz CT molecular complexity index is 4230. The zero-order valence-electron chi connectivity index (χ0n) is 40.6. The van der Waals surface area contributed by atoms with Gasteiger partial charge >= 0.3 is 0 Å². The van der Waals surface area contributed by atoms with Crippen LogP contribution in [0.15, 0.2) is 291 Å². The molecule has 0 spiro atoms. The van der Waals surface area contributed by atoms with E-state index in [9.17, 15) is 0 Å². The molecule has 0 fully saturated rings. The van der Waals surface area contributed by atoms with Crippen LogP contribution in [0.2, 0.25) is 0 Å². The van der Waals surface area contributed by atoms with E-state index in [0.717, 1.165) is 22.7 Å². The van der Waals surface area contributed by atoms with Crippen LogP contribution in [-0.4, -0.2) is 4.57 Å². The van der Waals surface area contributed by atoms with Crippen molar-refractivity contribution in [3.8, 4) is 61.3 Å². The molecule has 0 saturated carbocycles. The summed E-state index contributed by atoms with van der Waals surface area (Å²) in [5.41, 5.74) is 18.9. The molecule has 0 amide bonds. The minimum absolute atomic E-state index is 1.08. The minimum Gasteiger partial charge on any atom is -0.310 e. The van der Waals surface area contributed by atoms with E-state index in [1.165, 1.54) is 110 Å². The van der Waals surface area contributed by atoms with Crippen LogP contribution in [0.1, 0.15) is 0 Å². The second kappa shape index (κ2) is 18.1. The van der Waals surface area contributed by atoms with Gasteiger partial charge in [-0.3, -0.25) is 0 Å². The number of hydrogen-bond donors (Lipinski definition) is 0. The zero-order chi connectivity index (χ0) is 49.0. The lowest BCUT2D eigenvalue weighted by Gasteiger charge is -2.28. The Morgan fingerprint density at radius 2 is 0.635 bits per heavy atom. The topological polar surface area (TPSA) is 8.17 Å². The largest absolute Gasteiger partial charge is 0.310 e. The molecule has 0 unspecified atom stereocenters. The highest BCUT2D eigenvalue weighted by atomic mass is 15.1. The van der Waals surface area contributed by atoms with Crippen LogP contribution in [-0.2, 0) is 0 Å². The minimum atomic E-state index is 1.08. The van der Waals surface area contributed by atoms with Crippen LogP contribution in [0, 0.1) is 0 Å². The van der Waals surface area contributed by atoms with E-state index in [4.69, 9.17) is 0 Å². The molecule has 2 heteroatoms. The maximum Gasteiger partial charge on any atom is 0.0541 e. The molecule has 2 nitrogen and oxygen atoms in total. The third-order valence-corrected chi connectivity index (χ3v) is 15.0. The maximum atomic E-state index is 2.43. The summed E-state index contributed by atoms with van der Waals surface area (Å²) in [5, 5.41) is 9.78. The van der Waals surface area contributed by atoms with Crippen molar-refractivity contribution in [2.24, 2.45) is 0 Å². The Kier molecular flexibility index (Phi) is 10.6. The van der Waals surface area contributed by atoms with E-state index in [-0.39, 0.29) is 0 Å². The van der Waals surface area contributed by atoms with Gasteiger partial charge in [0.1, 0.15) is 0 Å². The summed E-state index contributed by atoms with van der Waals surface area (Å²) in [6.45, 7) is 0. The number of hydrogen-bond acceptors (Lipinski definition) is 1. The molecule has 1 heterocycles. The summed E-state index contributed by atoms with van der Waals surface area (Å²) in [4.78, 5) is 2.42. The van der Waals surface area contributed by atoms with Crippen molar-refractivity contribution >= 4 is 71.2 Å². The Labute approximate surface area is 430 Å². The van der Waals surface area contributed by atoms with Gasteiger partial charge in [0.15, 0.2) is 0 Å². The summed E-state index contributed by atoms with van der Waals surface area (Å²) in [7, 11) is 0. The van der Waals surface area contributed by atoms with Crippen LogP contribution in [0.25, 0.3) is 115 Å². The molecule has 0 N–H and O–H groups in total. The lowest BCUT2D eigenvalue weighted by molar-refractivity contribution is 1.17. The quantitative estimate of drug-likeness (QED) is 0.131. The highest BCUT2D eigenvalue weighted by molar-refractivity contribution is 6.24. The van der Waals surface area contributed by atoms with E-state index in [2.05, 4.69) is 301 Å². The van der Waals surface area contributed by atoms with Gasteiger partial charge in [0.2, 0.25) is 0 Å². The number of rotatable bonds is 9. The Balaban J connectivity index is 0.917. The first kappa shape index (κ1) is 43.1. The molecule has 74 heavy (non-hydrogen) atoms. The number of benzene rings is 13. The van der Waals surface area contributed by atoms with Crippen molar-refractivity contribution < 1.29 is 0 Å². The fourth-order valence-electron chi connectivity index (χ4n) is 11.6. The molecule has 1 aromatic heterocycles. The molecular formula is C72H48N2. The Morgan fingerprint density at radius 1 is 0.230 bits per heavy atom. The lowest BCUT2D eigenvalue weighted by Crippen LogP contribution is -2.10. The average Bonchev–Trinajstić information content (AvgIpc) is 3.82. The Morgan fingerprint density at radius 3 is 1.16 bits per heavy atom. The molecule has 0 aliphatic heterocycles. The van der Waals surface area contributed by atoms with Gasteiger partial charge in [0, 0.05) is 33.2 Å². The van der Waals surface area contributed by atoms with Crippen molar-refractivity contribution in [1.29, 1.82) is 0 Å². The third-order valence-electron chi connectivity index (χ3n) is 15.0. The predicted molar refractivity (Wildman–Crippen MR) is 315 cm³/mol. The number of aromatic nitrogens is 1. The zero-order valence-corrected chi connectivity index (χ0v) is 40.6. The molecule has 0 bridgehead atoms. The average molecular weight is 941 g/mol. The molecule has 0 radical (unpaired) electrons. The van der Waals surface area contributed by atoms with Gasteiger partial charge in [0.05, 0.1) is 16.7 Å². The normalized spacial score (nSPS) is 11.5. The fraction of sp³-hybridized carbons (Fsp3) is 0. The van der Waals surface area contributed by atoms with Crippen LogP contribution >= 0.6 is 0 Å². The van der Waals surface area contributed by atoms with E-state index in [1.54, 1.807) is 0 Å². The molecule has 13 aromatic carbocycles. The number of fused-ring (bicyclic) bond motifs is 6. The SMILES string of the molecule is c1ccc(-c2cccc(-c3c4ccccc4c(-c4ccc(N(c5ccccc5)c5ccc(-n6c7ccc(-c8ccccc8)cc7c7cc(-c8ccccc8)ccc76)cc5)c5ccccc45)c4ccccc34)c2)cc1. The molecule has 14 rings (SSSR count). The molecule has 14 aromatic rings. The van der Waals surface area contributed by atoms with E-state index in [1.807, 2.05) is 0 Å². The molecular weight excluding hydrogens is 893 g/mol. The van der Waals surface area contributed by atoms with Crippen molar-refractivity contribution in [3.05, 3.63) is 291 Å². The van der Waals surface area contributed by atoms with Gasteiger partial charge in [-0.25, -0.2) is 0 Å². The Hall–Kier alpha value is -9.76. The molecule has 0 saturated heterocycles. The van der Waals surface area contributed by atoms with Crippen molar-refractivity contribution in [2.75, 3.05) is 4.90 Å². The monoisotopic (exact) mass is 940 g/mol. The number of anilines is 3. The number of para-hydroxylation sites is 1. The summed E-state index contributed by atoms with van der Waals surface area (Å²) < 4.78 is 2.43. The second-order valence-corrected chi connectivity index (χ2v) is 19.2. The molecule has 0 aliphatic carbocycles. The highest BCUT2D eigenvalue weighted by Gasteiger charge is 2.22. The van der Waals surface area contributed by atoms with Crippen LogP contribution in [0.4, 0.5) is 17.1 Å². The lowest BCUT2D eigenvalue weighted by atomic mass is 9.84. The highest BCUT2D eigenvalue weighted by Crippen LogP contribution is 2.49. The standard InChI is InChI=1S/C72H48N2/c1-5-20-49(21-6-1)52-26-19-27-55(46-52)71-61-32-15-17-34-63(61)72(64-35-18-16-33-62(64)71)65-42-45-68(60-31-14-13-30-59(60)65)73(56-28-11-4-12-29-56)57-38-40-58(41-39-57)74-69-43-36-53(50-22-7-2-8-23-50)47-66(69)67-48-54(37-44-70(67)74)51-24-9-3-10-25-51/h1-48H. The first-order valence-electron chi connectivity index (χ1n) is 25.5. The van der Waals surface area contributed by atoms with Crippen molar-refractivity contribution in [2.45, 2.75) is 0 Å². The van der Waals surface area contributed by atoms with E-state index < -0.39 is 0 Å². The molecule has 0 atom stereocenters. The van der Waals surface area contributed by atoms with Crippen molar-refractivity contribution in [1.82, 2.24) is 4.57 Å². The van der Waals surface area contributed by atoms with Gasteiger partial charge in [-0.15, -0.1) is 0 Å². The summed E-state index contributed by atoms with van der Waals surface area (Å²) in [5.74, 6) is 0. The molecule has 346 valence electrons. The first-order chi connectivity index (χ1) is 36.7. The van der Waals surface area contributed by atoms with Crippen LogP contribution < -0.4 is 4.90 Å². The van der Waals surface area contributed by atoms with Gasteiger partial charge < -0.3 is 9.47 Å². The van der Waals surface area contributed by atoms with Gasteiger partial charge in [0.25, 0.3) is 0 Å². The van der Waals surface area contributed by atoms with E-state index in [0.29, 0.717) is 0 Å². The van der Waals surface area contributed by atoms with Gasteiger partial charge in [-0.1, -0.05) is 218 Å². The number of nitrogens with zero attached hydrogens (tertiary/aromatic N) is 2. The predicted octanol–water partition coefficient (Wildman–Crippen LogP) is 20.0.